The van der Waals surface area contributed by atoms with Crippen molar-refractivity contribution in [2.24, 2.45) is 5.92 Å². The minimum absolute atomic E-state index is 0.0900. The Morgan fingerprint density at radius 3 is 2.61 bits per heavy atom. The molecule has 3 nitrogen and oxygen atoms in total. The summed E-state index contributed by atoms with van der Waals surface area (Å²) in [6, 6.07) is 0. The maximum Gasteiger partial charge on any atom is 0.0610 e. The Morgan fingerprint density at radius 1 is 1.39 bits per heavy atom. The third kappa shape index (κ3) is 5.68. The van der Waals surface area contributed by atoms with Crippen LogP contribution in [-0.2, 0) is 0 Å². The van der Waals surface area contributed by atoms with Crippen molar-refractivity contribution >= 4 is 0 Å². The first-order valence-electron chi connectivity index (χ1n) is 7.64. The molecule has 0 aromatic rings. The Hall–Kier alpha value is -0.120. The molecule has 0 amide bonds. The molecule has 0 bridgehead atoms. The summed E-state index contributed by atoms with van der Waals surface area (Å²) in [5.74, 6) is 0.956. The molecule has 0 aliphatic heterocycles. The Morgan fingerprint density at radius 2 is 2.11 bits per heavy atom. The van der Waals surface area contributed by atoms with E-state index in [2.05, 4.69) is 31.1 Å². The van der Waals surface area contributed by atoms with Gasteiger partial charge >= 0.3 is 0 Å². The van der Waals surface area contributed by atoms with E-state index in [9.17, 15) is 5.11 Å². The second-order valence-electron chi connectivity index (χ2n) is 6.31. The van der Waals surface area contributed by atoms with Crippen LogP contribution < -0.4 is 5.32 Å². The van der Waals surface area contributed by atoms with E-state index < -0.39 is 0 Å². The van der Waals surface area contributed by atoms with Crippen LogP contribution in [0.1, 0.15) is 52.4 Å². The van der Waals surface area contributed by atoms with Gasteiger partial charge in [0.25, 0.3) is 0 Å². The standard InChI is InChI=1S/C15H32N2O/c1-4-10-16-15(2,13-18)9-6-11-17(3)12-14-7-5-8-14/h14,16,18H,4-13H2,1-3H3. The van der Waals surface area contributed by atoms with Crippen LogP contribution in [0.2, 0.25) is 0 Å². The van der Waals surface area contributed by atoms with E-state index in [0.29, 0.717) is 0 Å². The van der Waals surface area contributed by atoms with Crippen molar-refractivity contribution in [1.29, 1.82) is 0 Å². The number of hydrogen-bond acceptors (Lipinski definition) is 3. The largest absolute Gasteiger partial charge is 0.394 e. The summed E-state index contributed by atoms with van der Waals surface area (Å²) >= 11 is 0. The minimum Gasteiger partial charge on any atom is -0.394 e. The van der Waals surface area contributed by atoms with E-state index in [1.54, 1.807) is 0 Å². The molecule has 18 heavy (non-hydrogen) atoms. The number of rotatable bonds is 10. The Bertz CT molecular complexity index is 219. The molecule has 2 N–H and O–H groups in total. The highest BCUT2D eigenvalue weighted by atomic mass is 16.3. The van der Waals surface area contributed by atoms with E-state index in [4.69, 9.17) is 0 Å². The van der Waals surface area contributed by atoms with Gasteiger partial charge in [0.15, 0.2) is 0 Å². The van der Waals surface area contributed by atoms with Gasteiger partial charge in [0, 0.05) is 12.1 Å². The van der Waals surface area contributed by atoms with Gasteiger partial charge in [0.1, 0.15) is 0 Å². The van der Waals surface area contributed by atoms with Crippen molar-refractivity contribution in [3.05, 3.63) is 0 Å². The van der Waals surface area contributed by atoms with Crippen LogP contribution in [0, 0.1) is 5.92 Å². The molecule has 108 valence electrons. The van der Waals surface area contributed by atoms with Gasteiger partial charge in [-0.25, -0.2) is 0 Å². The highest BCUT2D eigenvalue weighted by Gasteiger charge is 2.22. The molecule has 1 aliphatic rings. The number of nitrogens with one attached hydrogen (secondary N) is 1. The molecule has 1 saturated carbocycles. The predicted molar refractivity (Wildman–Crippen MR) is 77.9 cm³/mol. The van der Waals surface area contributed by atoms with E-state index in [0.717, 1.165) is 38.3 Å². The van der Waals surface area contributed by atoms with Crippen LogP contribution in [-0.4, -0.2) is 48.8 Å². The van der Waals surface area contributed by atoms with Gasteiger partial charge in [-0.3, -0.25) is 0 Å². The highest BCUT2D eigenvalue weighted by molar-refractivity contribution is 4.82. The third-order valence-corrected chi connectivity index (χ3v) is 4.21. The lowest BCUT2D eigenvalue weighted by Crippen LogP contribution is -2.46. The zero-order valence-corrected chi connectivity index (χ0v) is 12.5. The van der Waals surface area contributed by atoms with Gasteiger partial charge in [0.2, 0.25) is 0 Å². The molecule has 1 rings (SSSR count). The van der Waals surface area contributed by atoms with Crippen LogP contribution in [0.3, 0.4) is 0 Å². The third-order valence-electron chi connectivity index (χ3n) is 4.21. The zero-order chi connectivity index (χ0) is 13.4. The summed E-state index contributed by atoms with van der Waals surface area (Å²) in [5.41, 5.74) is -0.0900. The quantitative estimate of drug-likeness (QED) is 0.629. The minimum atomic E-state index is -0.0900. The summed E-state index contributed by atoms with van der Waals surface area (Å²) in [4.78, 5) is 2.46. The number of aliphatic hydroxyl groups excluding tert-OH is 1. The molecular formula is C15H32N2O. The summed E-state index contributed by atoms with van der Waals surface area (Å²) in [7, 11) is 2.23. The van der Waals surface area contributed by atoms with Crippen molar-refractivity contribution < 1.29 is 5.11 Å². The average Bonchev–Trinajstić information content (AvgIpc) is 2.31. The van der Waals surface area contributed by atoms with E-state index in [-0.39, 0.29) is 12.1 Å². The van der Waals surface area contributed by atoms with E-state index >= 15 is 0 Å². The molecule has 0 spiro atoms. The fraction of sp³-hybridized carbons (Fsp3) is 1.00. The number of hydrogen-bond donors (Lipinski definition) is 2. The normalized spacial score (nSPS) is 19.8. The molecule has 0 radical (unpaired) electrons. The molecule has 0 heterocycles. The summed E-state index contributed by atoms with van der Waals surface area (Å²) in [5, 5.41) is 13.0. The molecular weight excluding hydrogens is 224 g/mol. The second-order valence-corrected chi connectivity index (χ2v) is 6.31. The summed E-state index contributed by atoms with van der Waals surface area (Å²) in [6.07, 6.45) is 7.63. The lowest BCUT2D eigenvalue weighted by Gasteiger charge is -2.32. The highest BCUT2D eigenvalue weighted by Crippen LogP contribution is 2.26. The fourth-order valence-corrected chi connectivity index (χ4v) is 2.60. The molecule has 0 saturated heterocycles. The smallest absolute Gasteiger partial charge is 0.0610 e. The lowest BCUT2D eigenvalue weighted by atomic mass is 9.85. The van der Waals surface area contributed by atoms with Crippen molar-refractivity contribution in [2.45, 2.75) is 57.9 Å². The SMILES string of the molecule is CCCNC(C)(CO)CCCN(C)CC1CCC1. The van der Waals surface area contributed by atoms with Crippen LogP contribution in [0.15, 0.2) is 0 Å². The molecule has 0 aromatic heterocycles. The maximum atomic E-state index is 9.49. The second kappa shape index (κ2) is 8.13. The number of nitrogens with zero attached hydrogens (tertiary/aromatic N) is 1. The van der Waals surface area contributed by atoms with Gasteiger partial charge in [-0.05, 0) is 65.1 Å². The van der Waals surface area contributed by atoms with Gasteiger partial charge in [-0.1, -0.05) is 13.3 Å². The molecule has 3 heteroatoms. The van der Waals surface area contributed by atoms with Crippen LogP contribution in [0.4, 0.5) is 0 Å². The molecule has 1 unspecified atom stereocenters. The Labute approximate surface area is 113 Å². The summed E-state index contributed by atoms with van der Waals surface area (Å²) in [6.45, 7) is 7.94. The fourth-order valence-electron chi connectivity index (χ4n) is 2.60. The van der Waals surface area contributed by atoms with Crippen LogP contribution in [0.5, 0.6) is 0 Å². The van der Waals surface area contributed by atoms with Gasteiger partial charge in [0.05, 0.1) is 6.61 Å². The van der Waals surface area contributed by atoms with Crippen molar-refractivity contribution in [3.8, 4) is 0 Å². The monoisotopic (exact) mass is 256 g/mol. The van der Waals surface area contributed by atoms with Crippen molar-refractivity contribution in [1.82, 2.24) is 10.2 Å². The van der Waals surface area contributed by atoms with Gasteiger partial charge in [-0.15, -0.1) is 0 Å². The first-order chi connectivity index (χ1) is 8.59. The van der Waals surface area contributed by atoms with Gasteiger partial charge < -0.3 is 15.3 Å². The van der Waals surface area contributed by atoms with Crippen molar-refractivity contribution in [3.63, 3.8) is 0 Å². The van der Waals surface area contributed by atoms with E-state index in [1.165, 1.54) is 25.8 Å². The van der Waals surface area contributed by atoms with Crippen LogP contribution in [0.25, 0.3) is 0 Å². The zero-order valence-electron chi connectivity index (χ0n) is 12.5. The average molecular weight is 256 g/mol. The Balaban J connectivity index is 2.12. The first-order valence-corrected chi connectivity index (χ1v) is 7.64. The molecule has 1 atom stereocenters. The first kappa shape index (κ1) is 15.9. The van der Waals surface area contributed by atoms with Crippen molar-refractivity contribution in [2.75, 3.05) is 33.3 Å². The topological polar surface area (TPSA) is 35.5 Å². The number of aliphatic hydroxyl groups is 1. The molecule has 0 aromatic carbocycles. The molecule has 1 aliphatic carbocycles. The summed E-state index contributed by atoms with van der Waals surface area (Å²) < 4.78 is 0. The van der Waals surface area contributed by atoms with E-state index in [1.807, 2.05) is 0 Å². The van der Waals surface area contributed by atoms with Gasteiger partial charge in [-0.2, -0.15) is 0 Å². The lowest BCUT2D eigenvalue weighted by molar-refractivity contribution is 0.153. The Kier molecular flexibility index (Phi) is 7.20. The maximum absolute atomic E-state index is 9.49. The molecule has 1 fully saturated rings. The van der Waals surface area contributed by atoms with Crippen LogP contribution >= 0.6 is 0 Å². The predicted octanol–water partition coefficient (Wildman–Crippen LogP) is 2.25.